The Morgan fingerprint density at radius 2 is 1.42 bits per heavy atom. The van der Waals surface area contributed by atoms with Gasteiger partial charge < -0.3 is 19.5 Å². The van der Waals surface area contributed by atoms with E-state index in [0.29, 0.717) is 5.11 Å². The van der Waals surface area contributed by atoms with Crippen LogP contribution in [0.5, 0.6) is 11.5 Å². The summed E-state index contributed by atoms with van der Waals surface area (Å²) in [6, 6.07) is 36.5. The quantitative estimate of drug-likeness (QED) is 0.237. The number of rotatable bonds is 6. The summed E-state index contributed by atoms with van der Waals surface area (Å²) < 4.78 is 8.34. The lowest BCUT2D eigenvalue weighted by atomic mass is 9.96. The van der Waals surface area contributed by atoms with E-state index in [1.54, 1.807) is 0 Å². The van der Waals surface area contributed by atoms with Crippen LogP contribution < -0.4 is 15.0 Å². The molecule has 5 aromatic rings. The number of pyridine rings is 1. The number of ether oxygens (including phenoxy) is 1. The third-order valence-corrected chi connectivity index (χ3v) is 7.31. The number of aryl methyl sites for hydroxylation is 1. The summed E-state index contributed by atoms with van der Waals surface area (Å²) in [7, 11) is 0. The smallest absolute Gasteiger partial charge is 0.174 e. The molecule has 0 spiro atoms. The Labute approximate surface area is 228 Å². The van der Waals surface area contributed by atoms with Crippen molar-refractivity contribution in [2.75, 3.05) is 4.90 Å². The van der Waals surface area contributed by atoms with Crippen LogP contribution in [0.3, 0.4) is 0 Å². The molecule has 5 nitrogen and oxygen atoms in total. The molecule has 3 heterocycles. The van der Waals surface area contributed by atoms with E-state index in [-0.39, 0.29) is 12.1 Å². The fourth-order valence-electron chi connectivity index (χ4n) is 5.31. The minimum absolute atomic E-state index is 0.0815. The second kappa shape index (κ2) is 10.1. The van der Waals surface area contributed by atoms with Gasteiger partial charge in [-0.1, -0.05) is 42.5 Å². The lowest BCUT2D eigenvalue weighted by molar-refractivity contribution is 0.482. The van der Waals surface area contributed by atoms with E-state index in [1.165, 1.54) is 17.0 Å². The highest BCUT2D eigenvalue weighted by Crippen LogP contribution is 2.44. The molecule has 0 aliphatic carbocycles. The summed E-state index contributed by atoms with van der Waals surface area (Å²) in [6.45, 7) is 4.33. The molecule has 3 aromatic carbocycles. The van der Waals surface area contributed by atoms with Crippen molar-refractivity contribution in [3.05, 3.63) is 138 Å². The lowest BCUT2D eigenvalue weighted by Crippen LogP contribution is -2.29. The van der Waals surface area contributed by atoms with Gasteiger partial charge in [-0.15, -0.1) is 0 Å². The van der Waals surface area contributed by atoms with Crippen molar-refractivity contribution in [2.45, 2.75) is 25.9 Å². The van der Waals surface area contributed by atoms with E-state index in [9.17, 15) is 0 Å². The van der Waals surface area contributed by atoms with Gasteiger partial charge in [0.15, 0.2) is 5.11 Å². The van der Waals surface area contributed by atoms with E-state index in [4.69, 9.17) is 21.9 Å². The first-order valence-corrected chi connectivity index (χ1v) is 13.1. The maximum Gasteiger partial charge on any atom is 0.174 e. The first-order valence-electron chi connectivity index (χ1n) is 12.7. The standard InChI is InChI=1S/C32H28N4OS/c1-22-21-28(23(2)35(22)24-11-5-3-6-12-24)31-30(29-15-9-10-20-33-29)34-32(38)36(31)25-16-18-27(19-17-25)37-26-13-7-4-8-14-26/h3-21,30-31H,1-2H3,(H,34,38). The molecule has 2 aromatic heterocycles. The highest BCUT2D eigenvalue weighted by atomic mass is 32.1. The highest BCUT2D eigenvalue weighted by Gasteiger charge is 2.42. The minimum Gasteiger partial charge on any atom is -0.457 e. The number of nitrogens with zero attached hydrogens (tertiary/aromatic N) is 3. The minimum atomic E-state index is -0.103. The van der Waals surface area contributed by atoms with E-state index in [1.807, 2.05) is 66.9 Å². The first kappa shape index (κ1) is 23.9. The number of thiocarbonyl (C=S) groups is 1. The van der Waals surface area contributed by atoms with Gasteiger partial charge in [-0.2, -0.15) is 0 Å². The Kier molecular flexibility index (Phi) is 6.40. The zero-order valence-electron chi connectivity index (χ0n) is 21.3. The summed E-state index contributed by atoms with van der Waals surface area (Å²) in [5, 5.41) is 4.24. The number of para-hydroxylation sites is 2. The molecule has 1 saturated heterocycles. The Hall–Kier alpha value is -4.42. The van der Waals surface area contributed by atoms with Crippen molar-refractivity contribution < 1.29 is 4.74 Å². The zero-order chi connectivity index (χ0) is 26.1. The molecule has 38 heavy (non-hydrogen) atoms. The monoisotopic (exact) mass is 516 g/mol. The van der Waals surface area contributed by atoms with Crippen LogP contribution in [0.4, 0.5) is 5.69 Å². The Bertz CT molecular complexity index is 1550. The van der Waals surface area contributed by atoms with Crippen molar-refractivity contribution >= 4 is 23.0 Å². The van der Waals surface area contributed by atoms with Crippen molar-refractivity contribution in [3.8, 4) is 17.2 Å². The molecule has 0 amide bonds. The first-order chi connectivity index (χ1) is 18.6. The molecule has 1 aliphatic heterocycles. The number of hydrogen-bond donors (Lipinski definition) is 1. The average molecular weight is 517 g/mol. The van der Waals surface area contributed by atoms with Crippen molar-refractivity contribution in [2.24, 2.45) is 0 Å². The van der Waals surface area contributed by atoms with Crippen LogP contribution in [0.2, 0.25) is 0 Å². The van der Waals surface area contributed by atoms with Gasteiger partial charge >= 0.3 is 0 Å². The second-order valence-electron chi connectivity index (χ2n) is 9.40. The van der Waals surface area contributed by atoms with Crippen LogP contribution in [0.1, 0.15) is 34.7 Å². The van der Waals surface area contributed by atoms with Gasteiger partial charge in [0.1, 0.15) is 11.5 Å². The van der Waals surface area contributed by atoms with Gasteiger partial charge in [0, 0.05) is 29.0 Å². The van der Waals surface area contributed by atoms with Crippen LogP contribution in [0, 0.1) is 13.8 Å². The molecule has 0 bridgehead atoms. The Balaban J connectivity index is 1.42. The number of benzene rings is 3. The molecular weight excluding hydrogens is 488 g/mol. The predicted molar refractivity (Wildman–Crippen MR) is 156 cm³/mol. The molecule has 0 radical (unpaired) electrons. The van der Waals surface area contributed by atoms with E-state index >= 15 is 0 Å². The summed E-state index contributed by atoms with van der Waals surface area (Å²) in [4.78, 5) is 6.91. The van der Waals surface area contributed by atoms with Crippen LogP contribution >= 0.6 is 12.2 Å². The van der Waals surface area contributed by atoms with E-state index in [0.717, 1.165) is 28.6 Å². The van der Waals surface area contributed by atoms with Crippen LogP contribution in [-0.4, -0.2) is 14.7 Å². The molecule has 2 atom stereocenters. The van der Waals surface area contributed by atoms with Crippen LogP contribution in [-0.2, 0) is 0 Å². The number of anilines is 1. The van der Waals surface area contributed by atoms with Gasteiger partial charge in [0.05, 0.1) is 17.8 Å². The Morgan fingerprint density at radius 1 is 0.763 bits per heavy atom. The van der Waals surface area contributed by atoms with Crippen LogP contribution in [0.25, 0.3) is 5.69 Å². The van der Waals surface area contributed by atoms with Gasteiger partial charge in [-0.05, 0) is 98.4 Å². The largest absolute Gasteiger partial charge is 0.457 e. The molecule has 1 fully saturated rings. The summed E-state index contributed by atoms with van der Waals surface area (Å²) in [5.41, 5.74) is 6.66. The SMILES string of the molecule is Cc1cc(C2C(c3ccccn3)NC(=S)N2c2ccc(Oc3ccccc3)cc2)c(C)n1-c1ccccc1. The molecule has 0 saturated carbocycles. The molecule has 1 N–H and O–H groups in total. The summed E-state index contributed by atoms with van der Waals surface area (Å²) in [5.74, 6) is 1.58. The molecule has 6 rings (SSSR count). The van der Waals surface area contributed by atoms with Gasteiger partial charge in [0.25, 0.3) is 0 Å². The third kappa shape index (κ3) is 4.44. The zero-order valence-corrected chi connectivity index (χ0v) is 22.1. The molecule has 6 heteroatoms. The third-order valence-electron chi connectivity index (χ3n) is 7.00. The molecule has 2 unspecified atom stereocenters. The Morgan fingerprint density at radius 3 is 2.11 bits per heavy atom. The average Bonchev–Trinajstić information content (AvgIpc) is 3.45. The van der Waals surface area contributed by atoms with E-state index in [2.05, 4.69) is 77.2 Å². The van der Waals surface area contributed by atoms with Gasteiger partial charge in [-0.25, -0.2) is 0 Å². The highest BCUT2D eigenvalue weighted by molar-refractivity contribution is 7.80. The predicted octanol–water partition coefficient (Wildman–Crippen LogP) is 7.46. The lowest BCUT2D eigenvalue weighted by Gasteiger charge is -2.28. The fourth-order valence-corrected chi connectivity index (χ4v) is 5.66. The summed E-state index contributed by atoms with van der Waals surface area (Å²) >= 11 is 5.94. The number of aromatic nitrogens is 2. The molecular formula is C32H28N4OS. The second-order valence-corrected chi connectivity index (χ2v) is 9.79. The summed E-state index contributed by atoms with van der Waals surface area (Å²) in [6.07, 6.45) is 1.84. The number of nitrogens with one attached hydrogen (secondary N) is 1. The maximum absolute atomic E-state index is 6.03. The maximum atomic E-state index is 6.03. The fraction of sp³-hybridized carbons (Fsp3) is 0.125. The number of hydrogen-bond acceptors (Lipinski definition) is 3. The molecule has 188 valence electrons. The normalized spacial score (nSPS) is 16.9. The topological polar surface area (TPSA) is 42.3 Å². The van der Waals surface area contributed by atoms with Gasteiger partial charge in [-0.3, -0.25) is 4.98 Å². The van der Waals surface area contributed by atoms with Crippen molar-refractivity contribution in [3.63, 3.8) is 0 Å². The molecule has 1 aliphatic rings. The van der Waals surface area contributed by atoms with E-state index < -0.39 is 0 Å². The van der Waals surface area contributed by atoms with Crippen molar-refractivity contribution in [1.82, 2.24) is 14.9 Å². The van der Waals surface area contributed by atoms with Crippen LogP contribution in [0.15, 0.2) is 115 Å². The van der Waals surface area contributed by atoms with Crippen molar-refractivity contribution in [1.29, 1.82) is 0 Å². The van der Waals surface area contributed by atoms with Gasteiger partial charge in [0.2, 0.25) is 0 Å².